The lowest BCUT2D eigenvalue weighted by Crippen LogP contribution is -2.04. The number of aromatic carboxylic acids is 1. The second-order valence-corrected chi connectivity index (χ2v) is 4.12. The van der Waals surface area contributed by atoms with Crippen molar-refractivity contribution >= 4 is 5.97 Å². The average Bonchev–Trinajstić information content (AvgIpc) is 2.84. The maximum atomic E-state index is 11.0. The Morgan fingerprint density at radius 2 is 2.11 bits per heavy atom. The summed E-state index contributed by atoms with van der Waals surface area (Å²) in [6, 6.07) is 10.8. The highest BCUT2D eigenvalue weighted by Crippen LogP contribution is 2.19. The fourth-order valence-electron chi connectivity index (χ4n) is 1.65. The molecule has 100 valence electrons. The third-order valence-electron chi connectivity index (χ3n) is 2.64. The van der Waals surface area contributed by atoms with E-state index >= 15 is 0 Å². The minimum absolute atomic E-state index is 0.0182. The molecule has 0 saturated carbocycles. The van der Waals surface area contributed by atoms with Crippen LogP contribution in [0.15, 0.2) is 36.4 Å². The summed E-state index contributed by atoms with van der Waals surface area (Å²) in [5.41, 5.74) is 0.761. The Labute approximate surface area is 111 Å². The van der Waals surface area contributed by atoms with Crippen molar-refractivity contribution in [1.29, 1.82) is 0 Å². The topological polar surface area (TPSA) is 64.3 Å². The summed E-state index contributed by atoms with van der Waals surface area (Å²) < 4.78 is 7.11. The third kappa shape index (κ3) is 3.13. The number of aromatic nitrogens is 2. The Balaban J connectivity index is 2.32. The normalized spacial score (nSPS) is 10.4. The van der Waals surface area contributed by atoms with Crippen molar-refractivity contribution in [2.24, 2.45) is 0 Å². The van der Waals surface area contributed by atoms with E-state index in [1.807, 2.05) is 30.3 Å². The molecule has 1 aromatic carbocycles. The lowest BCUT2D eigenvalue weighted by molar-refractivity contribution is 0.0690. The maximum absolute atomic E-state index is 11.0. The zero-order valence-corrected chi connectivity index (χ0v) is 10.7. The molecular weight excluding hydrogens is 244 g/mol. The van der Waals surface area contributed by atoms with Crippen LogP contribution in [0.1, 0.15) is 30.3 Å². The molecule has 0 unspecified atom stereocenters. The minimum Gasteiger partial charge on any atom is -0.478 e. The van der Waals surface area contributed by atoms with Crippen LogP contribution < -0.4 is 4.74 Å². The van der Waals surface area contributed by atoms with Crippen molar-refractivity contribution in [3.63, 3.8) is 0 Å². The quantitative estimate of drug-likeness (QED) is 0.811. The van der Waals surface area contributed by atoms with Gasteiger partial charge in [0.25, 0.3) is 0 Å². The second kappa shape index (κ2) is 6.04. The van der Waals surface area contributed by atoms with Crippen molar-refractivity contribution < 1.29 is 14.6 Å². The van der Waals surface area contributed by atoms with Crippen LogP contribution in [-0.2, 0) is 0 Å². The van der Waals surface area contributed by atoms with Crippen LogP contribution in [0.2, 0.25) is 0 Å². The standard InChI is InChI=1S/C14H16N2O3/c1-2-3-9-19-13-10-12(14(17)18)15-16(13)11-7-5-4-6-8-11/h4-8,10H,2-3,9H2,1H3,(H,17,18). The molecule has 0 aliphatic rings. The molecule has 1 aromatic heterocycles. The van der Waals surface area contributed by atoms with Gasteiger partial charge >= 0.3 is 5.97 Å². The molecule has 0 radical (unpaired) electrons. The molecule has 0 saturated heterocycles. The molecule has 19 heavy (non-hydrogen) atoms. The van der Waals surface area contributed by atoms with Gasteiger partial charge < -0.3 is 9.84 Å². The molecule has 5 heteroatoms. The van der Waals surface area contributed by atoms with Crippen LogP contribution in [0.5, 0.6) is 5.88 Å². The number of unbranched alkanes of at least 4 members (excludes halogenated alkanes) is 1. The highest BCUT2D eigenvalue weighted by atomic mass is 16.5. The van der Waals surface area contributed by atoms with Gasteiger partial charge in [0.15, 0.2) is 5.69 Å². The summed E-state index contributed by atoms with van der Waals surface area (Å²) in [6.45, 7) is 2.62. The Morgan fingerprint density at radius 3 is 2.74 bits per heavy atom. The summed E-state index contributed by atoms with van der Waals surface area (Å²) in [7, 11) is 0. The molecule has 1 heterocycles. The number of hydrogen-bond acceptors (Lipinski definition) is 3. The van der Waals surface area contributed by atoms with E-state index in [1.54, 1.807) is 0 Å². The van der Waals surface area contributed by atoms with Gasteiger partial charge in [0.1, 0.15) is 0 Å². The largest absolute Gasteiger partial charge is 0.478 e. The van der Waals surface area contributed by atoms with E-state index in [-0.39, 0.29) is 5.69 Å². The molecule has 2 aromatic rings. The first kappa shape index (κ1) is 13.1. The molecule has 0 aliphatic carbocycles. The van der Waals surface area contributed by atoms with Gasteiger partial charge in [-0.3, -0.25) is 0 Å². The highest BCUT2D eigenvalue weighted by Gasteiger charge is 2.15. The number of hydrogen-bond donors (Lipinski definition) is 1. The van der Waals surface area contributed by atoms with E-state index in [0.29, 0.717) is 12.5 Å². The molecule has 0 spiro atoms. The van der Waals surface area contributed by atoms with Gasteiger partial charge in [-0.05, 0) is 18.6 Å². The smallest absolute Gasteiger partial charge is 0.356 e. The monoisotopic (exact) mass is 260 g/mol. The van der Waals surface area contributed by atoms with E-state index in [0.717, 1.165) is 18.5 Å². The lowest BCUT2D eigenvalue weighted by atomic mass is 10.3. The SMILES string of the molecule is CCCCOc1cc(C(=O)O)nn1-c1ccccc1. The number of benzene rings is 1. The Hall–Kier alpha value is -2.30. The first-order chi connectivity index (χ1) is 9.22. The minimum atomic E-state index is -1.06. The van der Waals surface area contributed by atoms with E-state index in [4.69, 9.17) is 9.84 Å². The third-order valence-corrected chi connectivity index (χ3v) is 2.64. The summed E-state index contributed by atoms with van der Waals surface area (Å²) >= 11 is 0. The molecule has 2 rings (SSSR count). The summed E-state index contributed by atoms with van der Waals surface area (Å²) in [5, 5.41) is 13.1. The Kier molecular flexibility index (Phi) is 4.18. The van der Waals surface area contributed by atoms with Gasteiger partial charge in [0, 0.05) is 6.07 Å². The Bertz CT molecular complexity index is 549. The average molecular weight is 260 g/mol. The molecular formula is C14H16N2O3. The number of nitrogens with zero attached hydrogens (tertiary/aromatic N) is 2. The van der Waals surface area contributed by atoms with Crippen molar-refractivity contribution in [2.75, 3.05) is 6.61 Å². The number of carbonyl (C=O) groups is 1. The molecule has 0 bridgehead atoms. The van der Waals surface area contributed by atoms with Crippen LogP contribution in [0.3, 0.4) is 0 Å². The van der Waals surface area contributed by atoms with Gasteiger partial charge in [0.2, 0.25) is 5.88 Å². The summed E-state index contributed by atoms with van der Waals surface area (Å²) in [6.07, 6.45) is 1.94. The predicted molar refractivity (Wildman–Crippen MR) is 70.9 cm³/mol. The van der Waals surface area contributed by atoms with E-state index < -0.39 is 5.97 Å². The summed E-state index contributed by atoms with van der Waals surface area (Å²) in [4.78, 5) is 11.0. The van der Waals surface area contributed by atoms with Crippen LogP contribution in [0, 0.1) is 0 Å². The molecule has 0 amide bonds. The number of para-hydroxylation sites is 1. The van der Waals surface area contributed by atoms with Gasteiger partial charge in [-0.1, -0.05) is 31.5 Å². The predicted octanol–water partition coefficient (Wildman–Crippen LogP) is 2.75. The lowest BCUT2D eigenvalue weighted by Gasteiger charge is -2.08. The second-order valence-electron chi connectivity index (χ2n) is 4.12. The van der Waals surface area contributed by atoms with Gasteiger partial charge in [0.05, 0.1) is 12.3 Å². The first-order valence-corrected chi connectivity index (χ1v) is 6.24. The van der Waals surface area contributed by atoms with Crippen LogP contribution in [0.4, 0.5) is 0 Å². The molecule has 0 atom stereocenters. The summed E-state index contributed by atoms with van der Waals surface area (Å²) in [5.74, 6) is -0.605. The number of rotatable bonds is 6. The fourth-order valence-corrected chi connectivity index (χ4v) is 1.65. The number of ether oxygens (including phenoxy) is 1. The van der Waals surface area contributed by atoms with Crippen molar-refractivity contribution in [2.45, 2.75) is 19.8 Å². The maximum Gasteiger partial charge on any atom is 0.356 e. The van der Waals surface area contributed by atoms with Gasteiger partial charge in [-0.15, -0.1) is 0 Å². The molecule has 5 nitrogen and oxygen atoms in total. The van der Waals surface area contributed by atoms with Crippen LogP contribution in [-0.4, -0.2) is 27.5 Å². The van der Waals surface area contributed by atoms with Crippen molar-refractivity contribution in [3.05, 3.63) is 42.1 Å². The molecule has 0 fully saturated rings. The Morgan fingerprint density at radius 1 is 1.37 bits per heavy atom. The van der Waals surface area contributed by atoms with Crippen molar-refractivity contribution in [1.82, 2.24) is 9.78 Å². The van der Waals surface area contributed by atoms with E-state index in [9.17, 15) is 4.79 Å². The van der Waals surface area contributed by atoms with Crippen LogP contribution in [0.25, 0.3) is 5.69 Å². The number of carboxylic acids is 1. The number of carboxylic acid groups (broad SMARTS) is 1. The zero-order chi connectivity index (χ0) is 13.7. The highest BCUT2D eigenvalue weighted by molar-refractivity contribution is 5.85. The molecule has 0 aliphatic heterocycles. The first-order valence-electron chi connectivity index (χ1n) is 6.24. The van der Waals surface area contributed by atoms with Gasteiger partial charge in [-0.25, -0.2) is 9.48 Å². The van der Waals surface area contributed by atoms with E-state index in [2.05, 4.69) is 12.0 Å². The zero-order valence-electron chi connectivity index (χ0n) is 10.7. The van der Waals surface area contributed by atoms with Gasteiger partial charge in [-0.2, -0.15) is 5.10 Å². The fraction of sp³-hybridized carbons (Fsp3) is 0.286. The molecule has 1 N–H and O–H groups in total. The van der Waals surface area contributed by atoms with Crippen LogP contribution >= 0.6 is 0 Å². The van der Waals surface area contributed by atoms with E-state index in [1.165, 1.54) is 10.7 Å². The van der Waals surface area contributed by atoms with Crippen molar-refractivity contribution in [3.8, 4) is 11.6 Å².